The first kappa shape index (κ1) is 23.8. The second kappa shape index (κ2) is 9.13. The Morgan fingerprint density at radius 2 is 1.83 bits per heavy atom. The third kappa shape index (κ3) is 5.79. The number of nitrogens with zero attached hydrogens (tertiary/aromatic N) is 3. The minimum atomic E-state index is -4.91. The first-order valence-corrected chi connectivity index (χ1v) is 10.1. The highest BCUT2D eigenvalue weighted by atomic mass is 35.5. The Kier molecular flexibility index (Phi) is 7.25. The van der Waals surface area contributed by atoms with E-state index in [-0.39, 0.29) is 22.5 Å². The molecule has 0 aliphatic heterocycles. The summed E-state index contributed by atoms with van der Waals surface area (Å²) in [6, 6.07) is 1.81. The standard InChI is InChI=1S/C17H17ClF3N5O3S/c1-3-4-12(9-25-30(28,29)13-5-6-14(18)22-10-13)26-15-23-7-11(8-24-15)16(2,27)17(19,20)21/h5-8,10,12,25,27H,9H2,1-2H3,(H,23,24,26). The summed E-state index contributed by atoms with van der Waals surface area (Å²) in [5.41, 5.74) is -3.66. The monoisotopic (exact) mass is 463 g/mol. The van der Waals surface area contributed by atoms with Gasteiger partial charge >= 0.3 is 6.18 Å². The number of alkyl halides is 3. The van der Waals surface area contributed by atoms with E-state index in [4.69, 9.17) is 11.6 Å². The molecule has 0 saturated heterocycles. The van der Waals surface area contributed by atoms with E-state index in [2.05, 4.69) is 36.8 Å². The SMILES string of the molecule is CC#CC(CNS(=O)(=O)c1ccc(Cl)nc1)Nc1ncc(C(C)(O)C(F)(F)F)cn1. The molecule has 13 heteroatoms. The molecule has 0 spiro atoms. The Bertz CT molecular complexity index is 1030. The molecule has 2 unspecified atom stereocenters. The zero-order chi connectivity index (χ0) is 22.6. The fourth-order valence-corrected chi connectivity index (χ4v) is 3.19. The van der Waals surface area contributed by atoms with Gasteiger partial charge in [0, 0.05) is 30.7 Å². The summed E-state index contributed by atoms with van der Waals surface area (Å²) in [6.07, 6.45) is -2.17. The van der Waals surface area contributed by atoms with Crippen LogP contribution in [0.2, 0.25) is 5.15 Å². The van der Waals surface area contributed by atoms with Crippen LogP contribution < -0.4 is 10.0 Å². The van der Waals surface area contributed by atoms with Crippen LogP contribution in [0.1, 0.15) is 19.4 Å². The zero-order valence-electron chi connectivity index (χ0n) is 15.7. The zero-order valence-corrected chi connectivity index (χ0v) is 17.3. The predicted molar refractivity (Wildman–Crippen MR) is 103 cm³/mol. The summed E-state index contributed by atoms with van der Waals surface area (Å²) in [4.78, 5) is 11.1. The lowest BCUT2D eigenvalue weighted by Gasteiger charge is -2.26. The van der Waals surface area contributed by atoms with E-state index in [9.17, 15) is 26.7 Å². The highest BCUT2D eigenvalue weighted by Crippen LogP contribution is 2.37. The van der Waals surface area contributed by atoms with Crippen molar-refractivity contribution in [2.45, 2.75) is 36.6 Å². The van der Waals surface area contributed by atoms with Crippen LogP contribution in [-0.2, 0) is 15.6 Å². The molecule has 0 bridgehead atoms. The molecular weight excluding hydrogens is 447 g/mol. The molecule has 2 heterocycles. The number of pyridine rings is 1. The van der Waals surface area contributed by atoms with E-state index >= 15 is 0 Å². The summed E-state index contributed by atoms with van der Waals surface area (Å²) < 4.78 is 65.6. The third-order valence-electron chi connectivity index (χ3n) is 3.88. The Balaban J connectivity index is 2.10. The van der Waals surface area contributed by atoms with Crippen molar-refractivity contribution in [3.63, 3.8) is 0 Å². The van der Waals surface area contributed by atoms with E-state index in [1.807, 2.05) is 0 Å². The number of halogens is 4. The molecule has 0 aliphatic carbocycles. The van der Waals surface area contributed by atoms with Crippen molar-refractivity contribution in [3.05, 3.63) is 41.4 Å². The van der Waals surface area contributed by atoms with Gasteiger partial charge < -0.3 is 10.4 Å². The van der Waals surface area contributed by atoms with Gasteiger partial charge in [-0.3, -0.25) is 0 Å². The van der Waals surface area contributed by atoms with Crippen molar-refractivity contribution >= 4 is 27.6 Å². The lowest BCUT2D eigenvalue weighted by Crippen LogP contribution is -2.39. The fourth-order valence-electron chi connectivity index (χ4n) is 2.08. The van der Waals surface area contributed by atoms with Crippen molar-refractivity contribution in [3.8, 4) is 11.8 Å². The number of anilines is 1. The summed E-state index contributed by atoms with van der Waals surface area (Å²) in [7, 11) is -3.90. The Morgan fingerprint density at radius 1 is 1.20 bits per heavy atom. The average Bonchev–Trinajstić information content (AvgIpc) is 2.66. The fraction of sp³-hybridized carbons (Fsp3) is 0.353. The number of aliphatic hydroxyl groups is 1. The third-order valence-corrected chi connectivity index (χ3v) is 5.51. The maximum atomic E-state index is 12.9. The summed E-state index contributed by atoms with van der Waals surface area (Å²) in [6.45, 7) is 1.92. The molecule has 162 valence electrons. The molecule has 30 heavy (non-hydrogen) atoms. The lowest BCUT2D eigenvalue weighted by molar-refractivity contribution is -0.259. The average molecular weight is 464 g/mol. The molecule has 0 saturated carbocycles. The molecular formula is C17H17ClF3N5O3S. The van der Waals surface area contributed by atoms with Crippen LogP contribution in [0.4, 0.5) is 19.1 Å². The quantitative estimate of drug-likeness (QED) is 0.425. The highest BCUT2D eigenvalue weighted by molar-refractivity contribution is 7.89. The van der Waals surface area contributed by atoms with E-state index in [0.717, 1.165) is 18.6 Å². The summed E-state index contributed by atoms with van der Waals surface area (Å²) in [5.74, 6) is 5.20. The number of rotatable bonds is 7. The van der Waals surface area contributed by atoms with Crippen LogP contribution >= 0.6 is 11.6 Å². The molecule has 0 radical (unpaired) electrons. The van der Waals surface area contributed by atoms with E-state index in [1.165, 1.54) is 19.1 Å². The van der Waals surface area contributed by atoms with E-state index in [1.54, 1.807) is 0 Å². The Morgan fingerprint density at radius 3 is 2.33 bits per heavy atom. The number of sulfonamides is 1. The number of hydrogen-bond donors (Lipinski definition) is 3. The minimum Gasteiger partial charge on any atom is -0.376 e. The van der Waals surface area contributed by atoms with Crippen molar-refractivity contribution in [2.75, 3.05) is 11.9 Å². The minimum absolute atomic E-state index is 0.100. The summed E-state index contributed by atoms with van der Waals surface area (Å²) in [5, 5.41) is 12.5. The van der Waals surface area contributed by atoms with Gasteiger partial charge in [0.25, 0.3) is 0 Å². The molecule has 0 fully saturated rings. The molecule has 0 aromatic carbocycles. The van der Waals surface area contributed by atoms with Gasteiger partial charge in [-0.2, -0.15) is 13.2 Å². The van der Waals surface area contributed by atoms with Crippen molar-refractivity contribution < 1.29 is 26.7 Å². The van der Waals surface area contributed by atoms with Crippen LogP contribution in [0.5, 0.6) is 0 Å². The first-order chi connectivity index (χ1) is 13.9. The van der Waals surface area contributed by atoms with Gasteiger partial charge in [-0.1, -0.05) is 17.5 Å². The molecule has 0 aliphatic rings. The van der Waals surface area contributed by atoms with E-state index in [0.29, 0.717) is 6.92 Å². The number of nitrogens with one attached hydrogen (secondary N) is 2. The molecule has 2 aromatic heterocycles. The van der Waals surface area contributed by atoms with Gasteiger partial charge in [0.2, 0.25) is 16.0 Å². The second-order valence-electron chi connectivity index (χ2n) is 6.13. The normalized spacial score (nSPS) is 14.9. The highest BCUT2D eigenvalue weighted by Gasteiger charge is 2.51. The van der Waals surface area contributed by atoms with Crippen LogP contribution in [0.15, 0.2) is 35.6 Å². The summed E-state index contributed by atoms with van der Waals surface area (Å²) >= 11 is 5.64. The predicted octanol–water partition coefficient (Wildman–Crippen LogP) is 2.08. The molecule has 2 atom stereocenters. The molecule has 3 N–H and O–H groups in total. The van der Waals surface area contributed by atoms with Crippen LogP contribution in [0.25, 0.3) is 0 Å². The Labute approximate surface area is 176 Å². The van der Waals surface area contributed by atoms with Crippen LogP contribution in [-0.4, -0.2) is 47.2 Å². The molecule has 2 rings (SSSR count). The first-order valence-electron chi connectivity index (χ1n) is 8.28. The maximum Gasteiger partial charge on any atom is 0.421 e. The number of hydrogen-bond acceptors (Lipinski definition) is 7. The Hall–Kier alpha value is -2.46. The molecule has 0 amide bonds. The van der Waals surface area contributed by atoms with Crippen molar-refractivity contribution in [2.24, 2.45) is 0 Å². The molecule has 2 aromatic rings. The largest absolute Gasteiger partial charge is 0.421 e. The van der Waals surface area contributed by atoms with Gasteiger partial charge in [0.1, 0.15) is 16.1 Å². The van der Waals surface area contributed by atoms with Gasteiger partial charge in [-0.15, -0.1) is 5.92 Å². The van der Waals surface area contributed by atoms with Gasteiger partial charge in [-0.25, -0.2) is 28.1 Å². The van der Waals surface area contributed by atoms with Gasteiger partial charge in [0.15, 0.2) is 5.60 Å². The van der Waals surface area contributed by atoms with Gasteiger partial charge in [-0.05, 0) is 26.0 Å². The molecule has 8 nitrogen and oxygen atoms in total. The lowest BCUT2D eigenvalue weighted by atomic mass is 9.99. The maximum absolute atomic E-state index is 12.9. The van der Waals surface area contributed by atoms with Crippen LogP contribution in [0.3, 0.4) is 0 Å². The smallest absolute Gasteiger partial charge is 0.376 e. The van der Waals surface area contributed by atoms with E-state index < -0.39 is 33.4 Å². The number of aromatic nitrogens is 3. The van der Waals surface area contributed by atoms with Crippen molar-refractivity contribution in [1.29, 1.82) is 0 Å². The topological polar surface area (TPSA) is 117 Å². The van der Waals surface area contributed by atoms with Crippen LogP contribution in [0, 0.1) is 11.8 Å². The second-order valence-corrected chi connectivity index (χ2v) is 8.28. The van der Waals surface area contributed by atoms with Gasteiger partial charge in [0.05, 0.1) is 0 Å². The van der Waals surface area contributed by atoms with Crippen molar-refractivity contribution in [1.82, 2.24) is 19.7 Å².